The van der Waals surface area contributed by atoms with Gasteiger partial charge >= 0.3 is 0 Å². The highest BCUT2D eigenvalue weighted by Gasteiger charge is 2.23. The minimum atomic E-state index is -0.306. The molecule has 0 amide bonds. The van der Waals surface area contributed by atoms with Crippen molar-refractivity contribution >= 4 is 15.9 Å². The van der Waals surface area contributed by atoms with Gasteiger partial charge in [0.25, 0.3) is 0 Å². The zero-order chi connectivity index (χ0) is 10.8. The fraction of sp³-hybridized carbons (Fsp3) is 0.538. The summed E-state index contributed by atoms with van der Waals surface area (Å²) in [6.07, 6.45) is 4.48. The van der Waals surface area contributed by atoms with Crippen molar-refractivity contribution in [1.29, 1.82) is 0 Å². The molecule has 1 saturated carbocycles. The van der Waals surface area contributed by atoms with Crippen LogP contribution in [0.1, 0.15) is 42.9 Å². The normalized spacial score (nSPS) is 17.8. The van der Waals surface area contributed by atoms with Crippen molar-refractivity contribution < 1.29 is 5.11 Å². The summed E-state index contributed by atoms with van der Waals surface area (Å²) < 4.78 is 1.06. The van der Waals surface area contributed by atoms with Gasteiger partial charge in [-0.25, -0.2) is 0 Å². The topological polar surface area (TPSA) is 20.2 Å². The van der Waals surface area contributed by atoms with Crippen molar-refractivity contribution in [3.63, 3.8) is 0 Å². The van der Waals surface area contributed by atoms with Gasteiger partial charge in [-0.2, -0.15) is 0 Å². The zero-order valence-corrected chi connectivity index (χ0v) is 10.6. The summed E-state index contributed by atoms with van der Waals surface area (Å²) in [4.78, 5) is 0. The van der Waals surface area contributed by atoms with Gasteiger partial charge in [-0.15, -0.1) is 0 Å². The number of aliphatic hydroxyl groups excluding tert-OH is 1. The first-order valence-electron chi connectivity index (χ1n) is 5.61. The van der Waals surface area contributed by atoms with E-state index in [0.29, 0.717) is 0 Å². The van der Waals surface area contributed by atoms with Crippen LogP contribution in [0.4, 0.5) is 0 Å². The van der Waals surface area contributed by atoms with Gasteiger partial charge in [0, 0.05) is 4.47 Å². The molecule has 0 spiro atoms. The van der Waals surface area contributed by atoms with Crippen LogP contribution in [0.2, 0.25) is 0 Å². The molecule has 1 aliphatic rings. The average molecular weight is 269 g/mol. The Hall–Kier alpha value is -0.340. The number of hydrogen-bond donors (Lipinski definition) is 1. The van der Waals surface area contributed by atoms with Gasteiger partial charge < -0.3 is 5.11 Å². The molecule has 1 nitrogen and oxygen atoms in total. The van der Waals surface area contributed by atoms with Gasteiger partial charge in [0.1, 0.15) is 0 Å². The van der Waals surface area contributed by atoms with Crippen LogP contribution >= 0.6 is 15.9 Å². The monoisotopic (exact) mass is 268 g/mol. The Morgan fingerprint density at radius 1 is 1.47 bits per heavy atom. The molecule has 1 N–H and O–H groups in total. The third kappa shape index (κ3) is 2.82. The second-order valence-electron chi connectivity index (χ2n) is 4.51. The zero-order valence-electron chi connectivity index (χ0n) is 9.04. The number of halogens is 1. The standard InChI is InChI=1S/C13H17BrO/c1-9-3-2-4-11(13(9)14)12(15)8-7-10-5-6-10/h2-4,10,12,15H,5-8H2,1H3. The molecule has 1 aromatic rings. The van der Waals surface area contributed by atoms with Crippen molar-refractivity contribution in [2.24, 2.45) is 5.92 Å². The number of aryl methyl sites for hydroxylation is 1. The van der Waals surface area contributed by atoms with E-state index >= 15 is 0 Å². The molecule has 1 aliphatic carbocycles. The molecule has 1 aromatic carbocycles. The third-order valence-corrected chi connectivity index (χ3v) is 4.21. The lowest BCUT2D eigenvalue weighted by atomic mass is 10.0. The van der Waals surface area contributed by atoms with E-state index in [4.69, 9.17) is 0 Å². The van der Waals surface area contributed by atoms with E-state index in [1.807, 2.05) is 12.1 Å². The molecule has 0 bridgehead atoms. The third-order valence-electron chi connectivity index (χ3n) is 3.13. The Morgan fingerprint density at radius 2 is 2.20 bits per heavy atom. The molecule has 15 heavy (non-hydrogen) atoms. The molecular weight excluding hydrogens is 252 g/mol. The van der Waals surface area contributed by atoms with Crippen LogP contribution in [0.15, 0.2) is 22.7 Å². The molecule has 82 valence electrons. The van der Waals surface area contributed by atoms with E-state index in [2.05, 4.69) is 28.9 Å². The van der Waals surface area contributed by atoms with Crippen molar-refractivity contribution in [2.45, 2.75) is 38.7 Å². The summed E-state index contributed by atoms with van der Waals surface area (Å²) in [6, 6.07) is 6.08. The van der Waals surface area contributed by atoms with Crippen molar-refractivity contribution in [1.82, 2.24) is 0 Å². The molecule has 0 saturated heterocycles. The fourth-order valence-corrected chi connectivity index (χ4v) is 2.41. The highest BCUT2D eigenvalue weighted by Crippen LogP contribution is 2.37. The van der Waals surface area contributed by atoms with Crippen LogP contribution in [-0.4, -0.2) is 5.11 Å². The second-order valence-corrected chi connectivity index (χ2v) is 5.31. The minimum absolute atomic E-state index is 0.306. The Labute approximate surface area is 99.6 Å². The van der Waals surface area contributed by atoms with Crippen LogP contribution < -0.4 is 0 Å². The lowest BCUT2D eigenvalue weighted by Crippen LogP contribution is -2.00. The summed E-state index contributed by atoms with van der Waals surface area (Å²) in [6.45, 7) is 2.06. The SMILES string of the molecule is Cc1cccc(C(O)CCC2CC2)c1Br. The van der Waals surface area contributed by atoms with Gasteiger partial charge in [0.05, 0.1) is 6.10 Å². The molecule has 2 rings (SSSR count). The lowest BCUT2D eigenvalue weighted by Gasteiger charge is -2.13. The molecule has 1 atom stereocenters. The number of benzene rings is 1. The first kappa shape index (κ1) is 11.2. The Kier molecular flexibility index (Phi) is 3.47. The largest absolute Gasteiger partial charge is 0.388 e. The first-order valence-corrected chi connectivity index (χ1v) is 6.41. The molecular formula is C13H17BrO. The maximum Gasteiger partial charge on any atom is 0.0801 e. The van der Waals surface area contributed by atoms with Gasteiger partial charge in [-0.1, -0.05) is 47.0 Å². The van der Waals surface area contributed by atoms with Crippen molar-refractivity contribution in [3.05, 3.63) is 33.8 Å². The highest BCUT2D eigenvalue weighted by atomic mass is 79.9. The predicted octanol–water partition coefficient (Wildman–Crippen LogP) is 3.98. The second kappa shape index (κ2) is 4.67. The van der Waals surface area contributed by atoms with E-state index in [1.165, 1.54) is 24.8 Å². The number of rotatable bonds is 4. The van der Waals surface area contributed by atoms with Crippen molar-refractivity contribution in [2.75, 3.05) is 0 Å². The maximum atomic E-state index is 10.1. The molecule has 0 radical (unpaired) electrons. The van der Waals surface area contributed by atoms with E-state index < -0.39 is 0 Å². The minimum Gasteiger partial charge on any atom is -0.388 e. The molecule has 2 heteroatoms. The fourth-order valence-electron chi connectivity index (χ4n) is 1.88. The van der Waals surface area contributed by atoms with Gasteiger partial charge in [-0.3, -0.25) is 0 Å². The van der Waals surface area contributed by atoms with Crippen LogP contribution in [0.3, 0.4) is 0 Å². The van der Waals surface area contributed by atoms with Gasteiger partial charge in [0.2, 0.25) is 0 Å². The molecule has 0 heterocycles. The number of hydrogen-bond acceptors (Lipinski definition) is 1. The van der Waals surface area contributed by atoms with E-state index in [-0.39, 0.29) is 6.10 Å². The average Bonchev–Trinajstić information content (AvgIpc) is 3.02. The lowest BCUT2D eigenvalue weighted by molar-refractivity contribution is 0.161. The molecule has 1 unspecified atom stereocenters. The van der Waals surface area contributed by atoms with E-state index in [1.54, 1.807) is 0 Å². The summed E-state index contributed by atoms with van der Waals surface area (Å²) in [7, 11) is 0. The number of aliphatic hydroxyl groups is 1. The quantitative estimate of drug-likeness (QED) is 0.876. The Bertz CT molecular complexity index is 344. The molecule has 0 aromatic heterocycles. The summed E-state index contributed by atoms with van der Waals surface area (Å²) >= 11 is 3.54. The summed E-state index contributed by atoms with van der Waals surface area (Å²) in [5, 5.41) is 10.1. The molecule has 1 fully saturated rings. The van der Waals surface area contributed by atoms with E-state index in [9.17, 15) is 5.11 Å². The smallest absolute Gasteiger partial charge is 0.0801 e. The highest BCUT2D eigenvalue weighted by molar-refractivity contribution is 9.10. The van der Waals surface area contributed by atoms with Gasteiger partial charge in [0.15, 0.2) is 0 Å². The van der Waals surface area contributed by atoms with Crippen LogP contribution in [0, 0.1) is 12.8 Å². The van der Waals surface area contributed by atoms with Crippen LogP contribution in [0.5, 0.6) is 0 Å². The maximum absolute atomic E-state index is 10.1. The Morgan fingerprint density at radius 3 is 2.87 bits per heavy atom. The predicted molar refractivity (Wildman–Crippen MR) is 65.8 cm³/mol. The van der Waals surface area contributed by atoms with Crippen molar-refractivity contribution in [3.8, 4) is 0 Å². The van der Waals surface area contributed by atoms with Gasteiger partial charge in [-0.05, 0) is 36.8 Å². The summed E-state index contributed by atoms with van der Waals surface area (Å²) in [5.74, 6) is 0.892. The molecule has 0 aliphatic heterocycles. The van der Waals surface area contributed by atoms with Crippen LogP contribution in [0.25, 0.3) is 0 Å². The first-order chi connectivity index (χ1) is 7.18. The Balaban J connectivity index is 2.02. The van der Waals surface area contributed by atoms with Crippen LogP contribution in [-0.2, 0) is 0 Å². The van der Waals surface area contributed by atoms with E-state index in [0.717, 1.165) is 22.4 Å². The summed E-state index contributed by atoms with van der Waals surface area (Å²) in [5.41, 5.74) is 2.23.